The molecule has 1 aliphatic rings. The van der Waals surface area contributed by atoms with Crippen LogP contribution in [0, 0.1) is 0 Å². The molecule has 0 N–H and O–H groups in total. The van der Waals surface area contributed by atoms with Crippen LogP contribution in [-0.4, -0.2) is 9.97 Å². The van der Waals surface area contributed by atoms with E-state index < -0.39 is 0 Å². The van der Waals surface area contributed by atoms with Gasteiger partial charge in [-0.2, -0.15) is 0 Å². The number of nitrogens with zero attached hydrogens (tertiary/aromatic N) is 2. The maximum Gasteiger partial charge on any atom is 0.0738 e. The molecule has 4 aromatic rings. The Morgan fingerprint density at radius 3 is 2.59 bits per heavy atom. The molecule has 2 aromatic heterocycles. The summed E-state index contributed by atoms with van der Waals surface area (Å²) < 4.78 is 0. The Kier molecular flexibility index (Phi) is 3.78. The number of aryl methyl sites for hydroxylation is 2. The summed E-state index contributed by atoms with van der Waals surface area (Å²) in [5.74, 6) is 0.467. The van der Waals surface area contributed by atoms with Crippen molar-refractivity contribution in [1.29, 1.82) is 0 Å². The predicted octanol–water partition coefficient (Wildman–Crippen LogP) is 6.19. The molecule has 0 unspecified atom stereocenters. The molecule has 132 valence electrons. The third-order valence-electron chi connectivity index (χ3n) is 5.61. The fourth-order valence-corrected chi connectivity index (χ4v) is 4.18. The molecular weight excluding hydrogens is 328 g/mol. The van der Waals surface area contributed by atoms with Crippen molar-refractivity contribution >= 4 is 10.8 Å². The van der Waals surface area contributed by atoms with E-state index in [0.29, 0.717) is 5.92 Å². The Morgan fingerprint density at radius 1 is 0.852 bits per heavy atom. The lowest BCUT2D eigenvalue weighted by atomic mass is 9.88. The minimum absolute atomic E-state index is 0.467. The molecule has 0 saturated carbocycles. The van der Waals surface area contributed by atoms with Gasteiger partial charge in [0.1, 0.15) is 0 Å². The quantitative estimate of drug-likeness (QED) is 0.431. The molecule has 0 aliphatic heterocycles. The molecular formula is C25H22N2. The summed E-state index contributed by atoms with van der Waals surface area (Å²) in [4.78, 5) is 9.48. The highest BCUT2D eigenvalue weighted by molar-refractivity contribution is 5.91. The highest BCUT2D eigenvalue weighted by Gasteiger charge is 2.19. The van der Waals surface area contributed by atoms with Crippen LogP contribution in [0.5, 0.6) is 0 Å². The zero-order valence-corrected chi connectivity index (χ0v) is 15.7. The molecule has 0 amide bonds. The van der Waals surface area contributed by atoms with Crippen LogP contribution in [0.3, 0.4) is 0 Å². The van der Waals surface area contributed by atoms with Gasteiger partial charge in [0, 0.05) is 23.5 Å². The summed E-state index contributed by atoms with van der Waals surface area (Å²) in [5.41, 5.74) is 8.58. The average Bonchev–Trinajstić information content (AvgIpc) is 2.72. The fourth-order valence-electron chi connectivity index (χ4n) is 4.18. The summed E-state index contributed by atoms with van der Waals surface area (Å²) in [7, 11) is 0. The number of benzene rings is 2. The Labute approximate surface area is 159 Å². The van der Waals surface area contributed by atoms with Gasteiger partial charge < -0.3 is 0 Å². The first kappa shape index (κ1) is 16.2. The topological polar surface area (TPSA) is 25.8 Å². The third-order valence-corrected chi connectivity index (χ3v) is 5.61. The van der Waals surface area contributed by atoms with Crippen LogP contribution in [0.25, 0.3) is 33.3 Å². The molecule has 1 aliphatic carbocycles. The summed E-state index contributed by atoms with van der Waals surface area (Å²) in [5, 5.41) is 2.61. The highest BCUT2D eigenvalue weighted by Crippen LogP contribution is 2.36. The molecule has 0 atom stereocenters. The molecule has 27 heavy (non-hydrogen) atoms. The zero-order valence-electron chi connectivity index (χ0n) is 15.7. The smallest absolute Gasteiger partial charge is 0.0738 e. The van der Waals surface area contributed by atoms with E-state index in [-0.39, 0.29) is 0 Å². The van der Waals surface area contributed by atoms with E-state index in [1.807, 2.05) is 18.5 Å². The summed E-state index contributed by atoms with van der Waals surface area (Å²) >= 11 is 0. The number of rotatable bonds is 2. The van der Waals surface area contributed by atoms with Gasteiger partial charge in [0.15, 0.2) is 0 Å². The summed E-state index contributed by atoms with van der Waals surface area (Å²) in [6.45, 7) is 4.51. The van der Waals surface area contributed by atoms with Crippen LogP contribution in [0.1, 0.15) is 36.5 Å². The van der Waals surface area contributed by atoms with Gasteiger partial charge in [-0.3, -0.25) is 9.97 Å². The van der Waals surface area contributed by atoms with Gasteiger partial charge >= 0.3 is 0 Å². The van der Waals surface area contributed by atoms with E-state index in [0.717, 1.165) is 24.2 Å². The number of pyridine rings is 2. The first-order valence-corrected chi connectivity index (χ1v) is 9.67. The van der Waals surface area contributed by atoms with Crippen LogP contribution in [-0.2, 0) is 12.8 Å². The minimum Gasteiger partial charge on any atom is -0.256 e. The second kappa shape index (κ2) is 6.31. The van der Waals surface area contributed by atoms with E-state index in [4.69, 9.17) is 4.98 Å². The Balaban J connectivity index is 1.71. The van der Waals surface area contributed by atoms with Gasteiger partial charge in [0.25, 0.3) is 0 Å². The van der Waals surface area contributed by atoms with Crippen molar-refractivity contribution < 1.29 is 0 Å². The Bertz CT molecular complexity index is 1160. The summed E-state index contributed by atoms with van der Waals surface area (Å²) in [6, 6.07) is 19.7. The molecule has 0 bridgehead atoms. The number of fused-ring (bicyclic) bond motifs is 4. The highest BCUT2D eigenvalue weighted by atomic mass is 14.7. The van der Waals surface area contributed by atoms with Gasteiger partial charge in [-0.25, -0.2) is 0 Å². The van der Waals surface area contributed by atoms with Gasteiger partial charge in [-0.1, -0.05) is 44.2 Å². The van der Waals surface area contributed by atoms with Crippen LogP contribution in [0.15, 0.2) is 67.0 Å². The second-order valence-electron chi connectivity index (χ2n) is 7.68. The molecule has 0 fully saturated rings. The third kappa shape index (κ3) is 2.73. The number of aromatic nitrogens is 2. The lowest BCUT2D eigenvalue weighted by Gasteiger charge is -2.19. The predicted molar refractivity (Wildman–Crippen MR) is 112 cm³/mol. The molecule has 2 aromatic carbocycles. The minimum atomic E-state index is 0.467. The van der Waals surface area contributed by atoms with Gasteiger partial charge in [0.2, 0.25) is 0 Å². The van der Waals surface area contributed by atoms with Gasteiger partial charge in [-0.05, 0) is 70.5 Å². The van der Waals surface area contributed by atoms with Crippen LogP contribution >= 0.6 is 0 Å². The maximum atomic E-state index is 4.81. The van der Waals surface area contributed by atoms with Crippen molar-refractivity contribution in [3.63, 3.8) is 0 Å². The van der Waals surface area contributed by atoms with E-state index in [1.54, 1.807) is 0 Å². The van der Waals surface area contributed by atoms with E-state index in [2.05, 4.69) is 67.4 Å². The molecule has 0 saturated heterocycles. The largest absolute Gasteiger partial charge is 0.256 e. The van der Waals surface area contributed by atoms with E-state index in [9.17, 15) is 0 Å². The first-order chi connectivity index (χ1) is 13.2. The fraction of sp³-hybridized carbons (Fsp3) is 0.200. The van der Waals surface area contributed by atoms with Crippen molar-refractivity contribution in [2.45, 2.75) is 32.6 Å². The van der Waals surface area contributed by atoms with Gasteiger partial charge in [-0.15, -0.1) is 0 Å². The zero-order chi connectivity index (χ0) is 18.4. The maximum absolute atomic E-state index is 4.81. The monoisotopic (exact) mass is 350 g/mol. The Morgan fingerprint density at radius 2 is 1.70 bits per heavy atom. The van der Waals surface area contributed by atoms with Crippen molar-refractivity contribution in [1.82, 2.24) is 9.97 Å². The number of hydrogen-bond donors (Lipinski definition) is 0. The van der Waals surface area contributed by atoms with Crippen molar-refractivity contribution in [3.8, 4) is 22.5 Å². The lowest BCUT2D eigenvalue weighted by Crippen LogP contribution is -2.06. The van der Waals surface area contributed by atoms with Crippen molar-refractivity contribution in [2.75, 3.05) is 0 Å². The second-order valence-corrected chi connectivity index (χ2v) is 7.68. The Hall–Kier alpha value is -3.00. The number of hydrogen-bond acceptors (Lipinski definition) is 2. The van der Waals surface area contributed by atoms with E-state index in [1.165, 1.54) is 38.6 Å². The molecule has 2 heteroatoms. The SMILES string of the molecule is CC(C)c1cc(-c2cc3c(cn2)CCc2cccnc2-3)cc2ccccc12. The average molecular weight is 350 g/mol. The van der Waals surface area contributed by atoms with Crippen LogP contribution < -0.4 is 0 Å². The van der Waals surface area contributed by atoms with E-state index >= 15 is 0 Å². The molecule has 0 spiro atoms. The molecule has 2 heterocycles. The van der Waals surface area contributed by atoms with Crippen LogP contribution in [0.2, 0.25) is 0 Å². The standard InChI is InChI=1S/C25H22N2/c1-16(2)22-13-20(12-18-6-3-4-8-21(18)22)24-14-23-19(15-27-24)10-9-17-7-5-11-26-25(17)23/h3-8,11-16H,9-10H2,1-2H3. The van der Waals surface area contributed by atoms with Gasteiger partial charge in [0.05, 0.1) is 11.4 Å². The molecule has 0 radical (unpaired) electrons. The normalized spacial score (nSPS) is 12.9. The molecule has 2 nitrogen and oxygen atoms in total. The van der Waals surface area contributed by atoms with Crippen molar-refractivity contribution in [3.05, 3.63) is 83.7 Å². The van der Waals surface area contributed by atoms with Crippen molar-refractivity contribution in [2.24, 2.45) is 0 Å². The summed E-state index contributed by atoms with van der Waals surface area (Å²) in [6.07, 6.45) is 6.02. The lowest BCUT2D eigenvalue weighted by molar-refractivity contribution is 0.876. The van der Waals surface area contributed by atoms with Crippen LogP contribution in [0.4, 0.5) is 0 Å². The first-order valence-electron chi connectivity index (χ1n) is 9.67. The molecule has 5 rings (SSSR count).